The minimum absolute atomic E-state index is 0.102. The second-order valence-corrected chi connectivity index (χ2v) is 8.07. The lowest BCUT2D eigenvalue weighted by atomic mass is 10.2. The molecule has 0 radical (unpaired) electrons. The van der Waals surface area contributed by atoms with E-state index in [9.17, 15) is 24.1 Å². The Bertz CT molecular complexity index is 1180. The number of thioether (sulfide) groups is 1. The number of nitrogens with one attached hydrogen (secondary N) is 2. The third-order valence-corrected chi connectivity index (χ3v) is 5.86. The number of carbonyl (C=O) groups is 2. The summed E-state index contributed by atoms with van der Waals surface area (Å²) in [5.74, 6) is 0.659. The summed E-state index contributed by atoms with van der Waals surface area (Å²) in [5, 5.41) is 20.8. The molecule has 0 aliphatic carbocycles. The highest BCUT2D eigenvalue weighted by atomic mass is 32.2. The zero-order valence-corrected chi connectivity index (χ0v) is 17.5. The molecule has 0 bridgehead atoms. The second kappa shape index (κ2) is 9.18. The van der Waals surface area contributed by atoms with Gasteiger partial charge in [-0.1, -0.05) is 12.1 Å². The molecule has 2 aromatic carbocycles. The molecule has 2 N–H and O–H groups in total. The first kappa shape index (κ1) is 21.5. The molecule has 0 unspecified atom stereocenters. The van der Waals surface area contributed by atoms with Crippen LogP contribution in [0.3, 0.4) is 0 Å². The molecule has 2 heterocycles. The summed E-state index contributed by atoms with van der Waals surface area (Å²) in [4.78, 5) is 35.4. The van der Waals surface area contributed by atoms with Gasteiger partial charge in [-0.15, -0.1) is 0 Å². The third-order valence-electron chi connectivity index (χ3n) is 4.89. The van der Waals surface area contributed by atoms with Crippen molar-refractivity contribution in [2.45, 2.75) is 24.6 Å². The minimum atomic E-state index is -0.536. The molecule has 1 aliphatic heterocycles. The zero-order chi connectivity index (χ0) is 22.7. The fourth-order valence-corrected chi connectivity index (χ4v) is 4.26. The highest BCUT2D eigenvalue weighted by Crippen LogP contribution is 2.35. The third kappa shape index (κ3) is 4.78. The fourth-order valence-electron chi connectivity index (χ4n) is 3.23. The highest BCUT2D eigenvalue weighted by Gasteiger charge is 2.25. The van der Waals surface area contributed by atoms with Crippen LogP contribution in [0.15, 0.2) is 48.5 Å². The van der Waals surface area contributed by atoms with Crippen LogP contribution in [0.2, 0.25) is 0 Å². The number of amides is 2. The van der Waals surface area contributed by atoms with E-state index in [0.29, 0.717) is 17.3 Å². The number of fused-ring (bicyclic) bond motifs is 1. The first-order valence-electron chi connectivity index (χ1n) is 9.64. The van der Waals surface area contributed by atoms with Crippen molar-refractivity contribution < 1.29 is 18.9 Å². The molecule has 0 fully saturated rings. The van der Waals surface area contributed by atoms with Gasteiger partial charge in [0.25, 0.3) is 11.6 Å². The van der Waals surface area contributed by atoms with Crippen molar-refractivity contribution in [3.63, 3.8) is 0 Å². The molecule has 0 atom stereocenters. The predicted octanol–water partition coefficient (Wildman–Crippen LogP) is 3.25. The maximum Gasteiger partial charge on any atom is 0.269 e. The summed E-state index contributed by atoms with van der Waals surface area (Å²) in [6.45, 7) is 0.134. The number of non-ortho nitro benzene ring substituents is 1. The molecule has 9 nitrogen and oxygen atoms in total. The second-order valence-electron chi connectivity index (χ2n) is 7.09. The van der Waals surface area contributed by atoms with Crippen molar-refractivity contribution in [3.8, 4) is 0 Å². The number of hydrogen-bond donors (Lipinski definition) is 2. The smallest absolute Gasteiger partial charge is 0.269 e. The van der Waals surface area contributed by atoms with E-state index in [1.165, 1.54) is 41.1 Å². The molecule has 0 saturated carbocycles. The average molecular weight is 455 g/mol. The lowest BCUT2D eigenvalue weighted by Gasteiger charge is -2.11. The zero-order valence-electron chi connectivity index (χ0n) is 16.7. The SMILES string of the molecule is O=C(Cn1nc2c(c1NC(=O)c1ccc([N+](=O)[O-])cc1)CSC2)NCc1ccc(F)cc1. The number of aromatic nitrogens is 2. The van der Waals surface area contributed by atoms with Crippen molar-refractivity contribution in [2.75, 3.05) is 5.32 Å². The Hall–Kier alpha value is -3.73. The van der Waals surface area contributed by atoms with Crippen molar-refractivity contribution in [1.29, 1.82) is 0 Å². The quantitative estimate of drug-likeness (QED) is 0.417. The number of halogens is 1. The van der Waals surface area contributed by atoms with Crippen LogP contribution in [0.25, 0.3) is 0 Å². The first-order chi connectivity index (χ1) is 15.4. The summed E-state index contributed by atoms with van der Waals surface area (Å²) in [6.07, 6.45) is 0. The molecule has 1 aromatic heterocycles. The van der Waals surface area contributed by atoms with E-state index in [2.05, 4.69) is 15.7 Å². The van der Waals surface area contributed by atoms with E-state index >= 15 is 0 Å². The van der Waals surface area contributed by atoms with Crippen LogP contribution in [0.5, 0.6) is 0 Å². The standard InChI is InChI=1S/C21H18FN5O4S/c22-15-5-1-13(2-6-15)9-23-19(28)10-26-20(17-11-32-12-18(17)25-26)24-21(29)14-3-7-16(8-4-14)27(30)31/h1-8H,9-12H2,(H,23,28)(H,24,29). The normalized spacial score (nSPS) is 12.3. The average Bonchev–Trinajstić information content (AvgIpc) is 3.36. The Morgan fingerprint density at radius 2 is 1.84 bits per heavy atom. The number of hydrogen-bond acceptors (Lipinski definition) is 6. The molecule has 4 rings (SSSR count). The molecular formula is C21H18FN5O4S. The lowest BCUT2D eigenvalue weighted by molar-refractivity contribution is -0.384. The van der Waals surface area contributed by atoms with Gasteiger partial charge in [0.15, 0.2) is 0 Å². The highest BCUT2D eigenvalue weighted by molar-refractivity contribution is 7.98. The summed E-state index contributed by atoms with van der Waals surface area (Å²) >= 11 is 1.65. The van der Waals surface area contributed by atoms with Crippen LogP contribution >= 0.6 is 11.8 Å². The lowest BCUT2D eigenvalue weighted by Crippen LogP contribution is -2.28. The van der Waals surface area contributed by atoms with Crippen molar-refractivity contribution in [1.82, 2.24) is 15.1 Å². The molecule has 11 heteroatoms. The molecule has 2 amide bonds. The first-order valence-corrected chi connectivity index (χ1v) is 10.8. The predicted molar refractivity (Wildman–Crippen MR) is 117 cm³/mol. The molecular weight excluding hydrogens is 437 g/mol. The summed E-state index contributed by atoms with van der Waals surface area (Å²) in [5.41, 5.74) is 2.56. The van der Waals surface area contributed by atoms with Gasteiger partial charge in [0.1, 0.15) is 18.2 Å². The van der Waals surface area contributed by atoms with Gasteiger partial charge >= 0.3 is 0 Å². The number of carbonyl (C=O) groups excluding carboxylic acids is 2. The van der Waals surface area contributed by atoms with E-state index < -0.39 is 10.8 Å². The molecule has 32 heavy (non-hydrogen) atoms. The van der Waals surface area contributed by atoms with Crippen LogP contribution in [-0.2, 0) is 29.4 Å². The Labute approximate surface area is 186 Å². The van der Waals surface area contributed by atoms with E-state index in [0.717, 1.165) is 16.8 Å². The Balaban J connectivity index is 1.46. The Kier molecular flexibility index (Phi) is 6.17. The number of nitro groups is 1. The van der Waals surface area contributed by atoms with Crippen molar-refractivity contribution in [2.24, 2.45) is 0 Å². The number of rotatable bonds is 7. The van der Waals surface area contributed by atoms with Gasteiger partial charge in [-0.05, 0) is 29.8 Å². The number of nitro benzene ring substituents is 1. The van der Waals surface area contributed by atoms with E-state index in [-0.39, 0.29) is 36.1 Å². The summed E-state index contributed by atoms with van der Waals surface area (Å²) < 4.78 is 14.5. The largest absolute Gasteiger partial charge is 0.350 e. The Morgan fingerprint density at radius 3 is 2.53 bits per heavy atom. The number of benzene rings is 2. The number of nitrogens with zero attached hydrogens (tertiary/aromatic N) is 3. The molecule has 0 spiro atoms. The van der Waals surface area contributed by atoms with E-state index in [4.69, 9.17) is 0 Å². The van der Waals surface area contributed by atoms with Gasteiger partial charge in [0, 0.05) is 41.3 Å². The molecule has 164 valence electrons. The van der Waals surface area contributed by atoms with Gasteiger partial charge in [0.2, 0.25) is 5.91 Å². The maximum atomic E-state index is 13.0. The van der Waals surface area contributed by atoms with Crippen LogP contribution in [-0.4, -0.2) is 26.5 Å². The van der Waals surface area contributed by atoms with Crippen LogP contribution in [0, 0.1) is 15.9 Å². The molecule has 0 saturated heterocycles. The molecule has 3 aromatic rings. The monoisotopic (exact) mass is 455 g/mol. The Morgan fingerprint density at radius 1 is 1.12 bits per heavy atom. The van der Waals surface area contributed by atoms with Gasteiger partial charge in [-0.2, -0.15) is 16.9 Å². The van der Waals surface area contributed by atoms with Gasteiger partial charge in [-0.3, -0.25) is 19.7 Å². The van der Waals surface area contributed by atoms with Gasteiger partial charge < -0.3 is 10.6 Å². The van der Waals surface area contributed by atoms with E-state index in [1.807, 2.05) is 0 Å². The van der Waals surface area contributed by atoms with Crippen LogP contribution in [0.4, 0.5) is 15.9 Å². The number of anilines is 1. The van der Waals surface area contributed by atoms with Crippen molar-refractivity contribution >= 4 is 35.1 Å². The fraction of sp³-hybridized carbons (Fsp3) is 0.190. The molecule has 1 aliphatic rings. The van der Waals surface area contributed by atoms with Gasteiger partial charge in [-0.25, -0.2) is 9.07 Å². The minimum Gasteiger partial charge on any atom is -0.350 e. The summed E-state index contributed by atoms with van der Waals surface area (Å²) in [6, 6.07) is 11.1. The topological polar surface area (TPSA) is 119 Å². The van der Waals surface area contributed by atoms with Crippen LogP contribution in [0.1, 0.15) is 27.2 Å². The van der Waals surface area contributed by atoms with Gasteiger partial charge in [0.05, 0.1) is 10.6 Å². The maximum absolute atomic E-state index is 13.0. The summed E-state index contributed by atoms with van der Waals surface area (Å²) in [7, 11) is 0. The van der Waals surface area contributed by atoms with Crippen molar-refractivity contribution in [3.05, 3.63) is 86.8 Å². The van der Waals surface area contributed by atoms with E-state index in [1.54, 1.807) is 23.9 Å². The van der Waals surface area contributed by atoms with Crippen LogP contribution < -0.4 is 10.6 Å².